The molecule has 44 heavy (non-hydrogen) atoms. The molecule has 2 unspecified atom stereocenters. The highest BCUT2D eigenvalue weighted by atomic mass is 19.4. The van der Waals surface area contributed by atoms with Crippen LogP contribution in [0.3, 0.4) is 0 Å². The maximum absolute atomic E-state index is 13.7. The summed E-state index contributed by atoms with van der Waals surface area (Å²) in [7, 11) is 0. The Morgan fingerprint density at radius 1 is 0.932 bits per heavy atom. The van der Waals surface area contributed by atoms with Gasteiger partial charge in [0.25, 0.3) is 0 Å². The molecule has 2 atom stereocenters. The van der Waals surface area contributed by atoms with Crippen LogP contribution in [-0.2, 0) is 34.6 Å². The number of nitrogens with zero attached hydrogens (tertiary/aromatic N) is 4. The molecule has 7 nitrogen and oxygen atoms in total. The zero-order valence-corrected chi connectivity index (χ0v) is 23.8. The number of hydrogen-bond acceptors (Lipinski definition) is 5. The van der Waals surface area contributed by atoms with E-state index in [1.165, 1.54) is 13.8 Å². The molecular formula is C28H29F9N4O3. The zero-order valence-electron chi connectivity index (χ0n) is 23.8. The van der Waals surface area contributed by atoms with Crippen molar-refractivity contribution in [3.63, 3.8) is 0 Å². The van der Waals surface area contributed by atoms with Crippen LogP contribution in [0, 0.1) is 0 Å². The Morgan fingerprint density at radius 3 is 1.95 bits per heavy atom. The van der Waals surface area contributed by atoms with Crippen molar-refractivity contribution in [2.24, 2.45) is 0 Å². The number of amides is 2. The summed E-state index contributed by atoms with van der Waals surface area (Å²) in [6.07, 6.45) is -16.1. The molecule has 0 radical (unpaired) electrons. The minimum absolute atomic E-state index is 0.0415. The van der Waals surface area contributed by atoms with Crippen LogP contribution in [0.25, 0.3) is 0 Å². The second-order valence-corrected chi connectivity index (χ2v) is 10.7. The zero-order chi connectivity index (χ0) is 32.8. The molecule has 2 amide bonds. The van der Waals surface area contributed by atoms with Crippen LogP contribution in [0.4, 0.5) is 50.1 Å². The summed E-state index contributed by atoms with van der Waals surface area (Å²) in [5.74, 6) is 0.0164. The standard InChI is InChI=1S/C28H29F9N4O3/c1-4-40(22-5-7-39(8-6-22)16(3)42)24-18(11-21(13-38-24)28(35,36)37)14-41-15(2)23(44-25(41)43)17-9-19(26(29,30)31)12-20(10-17)27(32,33)34/h9-13,15,22-23H,4-8,14H2,1-3H3. The number of halogens is 9. The average molecular weight is 641 g/mol. The molecule has 242 valence electrons. The van der Waals surface area contributed by atoms with Crippen molar-refractivity contribution < 1.29 is 53.8 Å². The van der Waals surface area contributed by atoms with E-state index >= 15 is 0 Å². The fourth-order valence-electron chi connectivity index (χ4n) is 5.59. The summed E-state index contributed by atoms with van der Waals surface area (Å²) in [6, 6.07) is 0.301. The lowest BCUT2D eigenvalue weighted by molar-refractivity contribution is -0.143. The monoisotopic (exact) mass is 640 g/mol. The Balaban J connectivity index is 1.69. The van der Waals surface area contributed by atoms with Gasteiger partial charge in [-0.05, 0) is 56.5 Å². The fourth-order valence-corrected chi connectivity index (χ4v) is 5.59. The van der Waals surface area contributed by atoms with Gasteiger partial charge < -0.3 is 14.5 Å². The normalized spacial score (nSPS) is 20.2. The summed E-state index contributed by atoms with van der Waals surface area (Å²) >= 11 is 0. The van der Waals surface area contributed by atoms with Crippen molar-refractivity contribution in [2.45, 2.75) is 76.9 Å². The molecule has 2 saturated heterocycles. The van der Waals surface area contributed by atoms with E-state index in [1.807, 2.05) is 0 Å². The Kier molecular flexibility index (Phi) is 9.04. The number of benzene rings is 1. The van der Waals surface area contributed by atoms with Gasteiger partial charge in [-0.25, -0.2) is 9.78 Å². The SMILES string of the molecule is CCN(c1ncc(C(F)(F)F)cc1CN1C(=O)OC(c2cc(C(F)(F)F)cc(C(F)(F)F)c2)C1C)C1CCN(C(C)=O)CC1. The third kappa shape index (κ3) is 6.98. The Bertz CT molecular complexity index is 1350. The van der Waals surface area contributed by atoms with Crippen LogP contribution in [0.1, 0.15) is 67.5 Å². The maximum atomic E-state index is 13.7. The van der Waals surface area contributed by atoms with Crippen LogP contribution >= 0.6 is 0 Å². The molecule has 1 aromatic carbocycles. The van der Waals surface area contributed by atoms with E-state index in [1.54, 1.807) is 16.7 Å². The molecule has 16 heteroatoms. The highest BCUT2D eigenvalue weighted by Gasteiger charge is 2.44. The van der Waals surface area contributed by atoms with Crippen molar-refractivity contribution in [1.29, 1.82) is 0 Å². The first kappa shape index (κ1) is 33.2. The molecule has 1 aromatic heterocycles. The number of likely N-dealkylation sites (tertiary alicyclic amines) is 1. The number of anilines is 1. The van der Waals surface area contributed by atoms with E-state index in [0.717, 1.165) is 11.0 Å². The van der Waals surface area contributed by atoms with E-state index in [4.69, 9.17) is 4.74 Å². The van der Waals surface area contributed by atoms with Crippen LogP contribution in [0.5, 0.6) is 0 Å². The molecule has 4 rings (SSSR count). The summed E-state index contributed by atoms with van der Waals surface area (Å²) in [5.41, 5.74) is -4.90. The smallest absolute Gasteiger partial charge is 0.417 e. The van der Waals surface area contributed by atoms with Crippen molar-refractivity contribution >= 4 is 17.8 Å². The average Bonchev–Trinajstić information content (AvgIpc) is 3.21. The number of carbonyl (C=O) groups is 2. The van der Waals surface area contributed by atoms with Gasteiger partial charge in [-0.3, -0.25) is 9.69 Å². The van der Waals surface area contributed by atoms with Gasteiger partial charge in [0.05, 0.1) is 29.3 Å². The number of pyridine rings is 1. The summed E-state index contributed by atoms with van der Waals surface area (Å²) in [4.78, 5) is 33.1. The largest absolute Gasteiger partial charge is 0.439 e. The molecule has 2 aliphatic rings. The van der Waals surface area contributed by atoms with Crippen LogP contribution < -0.4 is 4.90 Å². The number of carbonyl (C=O) groups excluding carboxylic acids is 2. The predicted molar refractivity (Wildman–Crippen MR) is 138 cm³/mol. The first-order valence-corrected chi connectivity index (χ1v) is 13.7. The lowest BCUT2D eigenvalue weighted by atomic mass is 9.97. The van der Waals surface area contributed by atoms with Crippen molar-refractivity contribution in [1.82, 2.24) is 14.8 Å². The predicted octanol–water partition coefficient (Wildman–Crippen LogP) is 7.06. The molecule has 2 fully saturated rings. The van der Waals surface area contributed by atoms with Gasteiger partial charge in [0.2, 0.25) is 5.91 Å². The fraction of sp³-hybridized carbons (Fsp3) is 0.536. The highest BCUT2D eigenvalue weighted by Crippen LogP contribution is 2.42. The number of alkyl halides is 9. The summed E-state index contributed by atoms with van der Waals surface area (Å²) in [5, 5.41) is 0. The Labute approximate surface area is 246 Å². The highest BCUT2D eigenvalue weighted by molar-refractivity contribution is 5.73. The summed E-state index contributed by atoms with van der Waals surface area (Å²) in [6.45, 7) is 5.13. The van der Waals surface area contributed by atoms with Crippen molar-refractivity contribution in [3.05, 3.63) is 58.3 Å². The van der Waals surface area contributed by atoms with Crippen LogP contribution in [-0.4, -0.2) is 58.5 Å². The van der Waals surface area contributed by atoms with Gasteiger partial charge in [0, 0.05) is 44.4 Å². The quantitative estimate of drug-likeness (QED) is 0.317. The van der Waals surface area contributed by atoms with E-state index in [9.17, 15) is 49.1 Å². The Hall–Kier alpha value is -3.72. The van der Waals surface area contributed by atoms with E-state index < -0.39 is 65.6 Å². The molecule has 0 spiro atoms. The van der Waals surface area contributed by atoms with E-state index in [-0.39, 0.29) is 29.4 Å². The lowest BCUT2D eigenvalue weighted by Gasteiger charge is -2.39. The molecule has 3 heterocycles. The van der Waals surface area contributed by atoms with Crippen molar-refractivity contribution in [2.75, 3.05) is 24.5 Å². The number of cyclic esters (lactones) is 1. The van der Waals surface area contributed by atoms with E-state index in [2.05, 4.69) is 4.98 Å². The first-order chi connectivity index (χ1) is 20.3. The third-order valence-electron chi connectivity index (χ3n) is 7.90. The van der Waals surface area contributed by atoms with Crippen LogP contribution in [0.2, 0.25) is 0 Å². The van der Waals surface area contributed by atoms with Gasteiger partial charge in [0.1, 0.15) is 11.9 Å². The first-order valence-electron chi connectivity index (χ1n) is 13.7. The second kappa shape index (κ2) is 12.0. The number of ether oxygens (including phenoxy) is 1. The number of piperidine rings is 1. The number of hydrogen-bond donors (Lipinski definition) is 0. The number of rotatable bonds is 6. The lowest BCUT2D eigenvalue weighted by Crippen LogP contribution is -2.47. The topological polar surface area (TPSA) is 66.0 Å². The molecule has 0 N–H and O–H groups in total. The second-order valence-electron chi connectivity index (χ2n) is 10.7. The molecular weight excluding hydrogens is 611 g/mol. The van der Waals surface area contributed by atoms with Crippen LogP contribution in [0.15, 0.2) is 30.5 Å². The van der Waals surface area contributed by atoms with Gasteiger partial charge in [0.15, 0.2) is 0 Å². The van der Waals surface area contributed by atoms with Gasteiger partial charge in [-0.2, -0.15) is 39.5 Å². The molecule has 0 saturated carbocycles. The molecule has 2 aliphatic heterocycles. The van der Waals surface area contributed by atoms with E-state index in [0.29, 0.717) is 50.8 Å². The molecule has 0 aliphatic carbocycles. The maximum Gasteiger partial charge on any atom is 0.417 e. The van der Waals surface area contributed by atoms with Gasteiger partial charge >= 0.3 is 24.6 Å². The minimum Gasteiger partial charge on any atom is -0.439 e. The van der Waals surface area contributed by atoms with Crippen molar-refractivity contribution in [3.8, 4) is 0 Å². The van der Waals surface area contributed by atoms with Gasteiger partial charge in [-0.1, -0.05) is 0 Å². The third-order valence-corrected chi connectivity index (χ3v) is 7.90. The molecule has 2 aromatic rings. The van der Waals surface area contributed by atoms with Gasteiger partial charge in [-0.15, -0.1) is 0 Å². The molecule has 0 bridgehead atoms. The number of aromatic nitrogens is 1. The minimum atomic E-state index is -5.13. The summed E-state index contributed by atoms with van der Waals surface area (Å²) < 4.78 is 127. The Morgan fingerprint density at radius 2 is 1.48 bits per heavy atom.